The molecule has 0 spiro atoms. The summed E-state index contributed by atoms with van der Waals surface area (Å²) in [4.78, 5) is 11.8. The molecular weight excluding hydrogens is 268 g/mol. The Balaban J connectivity index is 2.38. The molecule has 1 heterocycles. The number of ether oxygens (including phenoxy) is 1. The van der Waals surface area contributed by atoms with Crippen molar-refractivity contribution < 1.29 is 9.53 Å². The Labute approximate surface area is 104 Å². The van der Waals surface area contributed by atoms with Gasteiger partial charge in [0.15, 0.2) is 0 Å². The van der Waals surface area contributed by atoms with E-state index in [-0.39, 0.29) is 5.97 Å². The van der Waals surface area contributed by atoms with Gasteiger partial charge in [-0.05, 0) is 31.9 Å². The Morgan fingerprint density at radius 1 is 1.44 bits per heavy atom. The van der Waals surface area contributed by atoms with Gasteiger partial charge < -0.3 is 4.74 Å². The van der Waals surface area contributed by atoms with Gasteiger partial charge in [-0.15, -0.1) is 0 Å². The molecule has 0 aromatic heterocycles. The zero-order chi connectivity index (χ0) is 11.8. The molecule has 1 aliphatic rings. The summed E-state index contributed by atoms with van der Waals surface area (Å²) in [7, 11) is 0. The van der Waals surface area contributed by atoms with Crippen LogP contribution in [0.1, 0.15) is 49.0 Å². The zero-order valence-electron chi connectivity index (χ0n) is 9.55. The monoisotopic (exact) mass is 282 g/mol. The summed E-state index contributed by atoms with van der Waals surface area (Å²) >= 11 is 3.37. The Hall–Kier alpha value is -0.830. The highest BCUT2D eigenvalue weighted by atomic mass is 79.9. The Morgan fingerprint density at radius 3 is 2.88 bits per heavy atom. The summed E-state index contributed by atoms with van der Waals surface area (Å²) in [6.45, 7) is 4.14. The second kappa shape index (κ2) is 4.21. The van der Waals surface area contributed by atoms with E-state index in [0.717, 1.165) is 29.3 Å². The third-order valence-corrected chi connectivity index (χ3v) is 3.59. The quantitative estimate of drug-likeness (QED) is 0.783. The van der Waals surface area contributed by atoms with Crippen LogP contribution >= 0.6 is 15.9 Å². The minimum Gasteiger partial charge on any atom is -0.451 e. The molecule has 1 aromatic carbocycles. The van der Waals surface area contributed by atoms with Gasteiger partial charge in [0.25, 0.3) is 0 Å². The van der Waals surface area contributed by atoms with Crippen LogP contribution in [0.25, 0.3) is 0 Å². The maximum Gasteiger partial charge on any atom is 0.339 e. The van der Waals surface area contributed by atoms with E-state index in [1.165, 1.54) is 0 Å². The number of cyclic esters (lactones) is 1. The van der Waals surface area contributed by atoms with E-state index in [0.29, 0.717) is 5.56 Å². The van der Waals surface area contributed by atoms with Crippen LogP contribution in [-0.2, 0) is 10.3 Å². The molecule has 2 rings (SSSR count). The lowest BCUT2D eigenvalue weighted by Crippen LogP contribution is -2.21. The van der Waals surface area contributed by atoms with Gasteiger partial charge in [0.1, 0.15) is 5.60 Å². The van der Waals surface area contributed by atoms with E-state index in [1.54, 1.807) is 0 Å². The average molecular weight is 283 g/mol. The summed E-state index contributed by atoms with van der Waals surface area (Å²) in [5.41, 5.74) is 1.30. The summed E-state index contributed by atoms with van der Waals surface area (Å²) in [6.07, 6.45) is 3.07. The molecule has 0 saturated carbocycles. The first-order valence-electron chi connectivity index (χ1n) is 5.60. The van der Waals surface area contributed by atoms with Crippen molar-refractivity contribution in [1.29, 1.82) is 0 Å². The van der Waals surface area contributed by atoms with Gasteiger partial charge in [-0.2, -0.15) is 0 Å². The van der Waals surface area contributed by atoms with Gasteiger partial charge in [0.05, 0.1) is 5.56 Å². The van der Waals surface area contributed by atoms with Crippen LogP contribution in [0.15, 0.2) is 22.7 Å². The average Bonchev–Trinajstić information content (AvgIpc) is 2.49. The topological polar surface area (TPSA) is 26.3 Å². The number of fused-ring (bicyclic) bond motifs is 1. The first-order chi connectivity index (χ1) is 7.57. The Morgan fingerprint density at radius 2 is 2.19 bits per heavy atom. The highest BCUT2D eigenvalue weighted by Crippen LogP contribution is 2.40. The van der Waals surface area contributed by atoms with E-state index in [2.05, 4.69) is 22.9 Å². The van der Waals surface area contributed by atoms with Crippen LogP contribution < -0.4 is 0 Å². The van der Waals surface area contributed by atoms with E-state index in [1.807, 2.05) is 25.1 Å². The smallest absolute Gasteiger partial charge is 0.339 e. The summed E-state index contributed by atoms with van der Waals surface area (Å²) < 4.78 is 6.44. The molecule has 86 valence electrons. The molecule has 1 atom stereocenters. The maximum atomic E-state index is 11.8. The van der Waals surface area contributed by atoms with Gasteiger partial charge in [0, 0.05) is 10.0 Å². The van der Waals surface area contributed by atoms with Gasteiger partial charge in [-0.1, -0.05) is 35.3 Å². The molecule has 3 heteroatoms. The SMILES string of the molecule is CCCCC1(C)OC(=O)c2cc(Br)ccc21. The van der Waals surface area contributed by atoms with E-state index < -0.39 is 5.60 Å². The highest BCUT2D eigenvalue weighted by molar-refractivity contribution is 9.10. The summed E-state index contributed by atoms with van der Waals surface area (Å²) in [6, 6.07) is 5.79. The van der Waals surface area contributed by atoms with E-state index in [9.17, 15) is 4.79 Å². The number of esters is 1. The van der Waals surface area contributed by atoms with Crippen molar-refractivity contribution in [3.05, 3.63) is 33.8 Å². The molecule has 0 N–H and O–H groups in total. The number of rotatable bonds is 3. The van der Waals surface area contributed by atoms with Crippen molar-refractivity contribution in [1.82, 2.24) is 0 Å². The molecule has 1 aliphatic heterocycles. The lowest BCUT2D eigenvalue weighted by atomic mass is 9.89. The summed E-state index contributed by atoms with van der Waals surface area (Å²) in [5.74, 6) is -0.199. The lowest BCUT2D eigenvalue weighted by molar-refractivity contribution is -0.00398. The molecule has 1 aromatic rings. The van der Waals surface area contributed by atoms with Crippen LogP contribution in [0.5, 0.6) is 0 Å². The van der Waals surface area contributed by atoms with Crippen LogP contribution in [-0.4, -0.2) is 5.97 Å². The highest BCUT2D eigenvalue weighted by Gasteiger charge is 2.40. The third kappa shape index (κ3) is 1.88. The van der Waals surface area contributed by atoms with Crippen LogP contribution in [0.4, 0.5) is 0 Å². The van der Waals surface area contributed by atoms with Crippen molar-refractivity contribution in [3.8, 4) is 0 Å². The Bertz CT molecular complexity index is 428. The molecule has 16 heavy (non-hydrogen) atoms. The van der Waals surface area contributed by atoms with Crippen LogP contribution in [0.2, 0.25) is 0 Å². The van der Waals surface area contributed by atoms with E-state index >= 15 is 0 Å². The number of carbonyl (C=O) groups excluding carboxylic acids is 1. The van der Waals surface area contributed by atoms with Crippen molar-refractivity contribution in [2.45, 2.75) is 38.7 Å². The zero-order valence-corrected chi connectivity index (χ0v) is 11.1. The number of halogens is 1. The minimum atomic E-state index is -0.427. The van der Waals surface area contributed by atoms with Gasteiger partial charge >= 0.3 is 5.97 Å². The molecule has 0 aliphatic carbocycles. The van der Waals surface area contributed by atoms with Crippen molar-refractivity contribution in [2.24, 2.45) is 0 Å². The second-order valence-electron chi connectivity index (χ2n) is 4.41. The van der Waals surface area contributed by atoms with Crippen molar-refractivity contribution in [2.75, 3.05) is 0 Å². The predicted octanol–water partition coefficient (Wildman–Crippen LogP) is 4.02. The molecule has 0 fully saturated rings. The lowest BCUT2D eigenvalue weighted by Gasteiger charge is -2.23. The van der Waals surface area contributed by atoms with Gasteiger partial charge in [-0.25, -0.2) is 4.79 Å². The molecule has 0 bridgehead atoms. The van der Waals surface area contributed by atoms with Gasteiger partial charge in [0.2, 0.25) is 0 Å². The fraction of sp³-hybridized carbons (Fsp3) is 0.462. The first-order valence-corrected chi connectivity index (χ1v) is 6.39. The van der Waals surface area contributed by atoms with Crippen molar-refractivity contribution >= 4 is 21.9 Å². The number of hydrogen-bond donors (Lipinski definition) is 0. The third-order valence-electron chi connectivity index (χ3n) is 3.10. The molecule has 0 amide bonds. The molecular formula is C13H15BrO2. The van der Waals surface area contributed by atoms with Gasteiger partial charge in [-0.3, -0.25) is 0 Å². The summed E-state index contributed by atoms with van der Waals surface area (Å²) in [5, 5.41) is 0. The molecule has 0 saturated heterocycles. The maximum absolute atomic E-state index is 11.8. The number of hydrogen-bond acceptors (Lipinski definition) is 2. The Kier molecular flexibility index (Phi) is 3.06. The standard InChI is InChI=1S/C13H15BrO2/c1-3-4-7-13(2)11-6-5-9(14)8-10(11)12(15)16-13/h5-6,8H,3-4,7H2,1-2H3. The van der Waals surface area contributed by atoms with Crippen LogP contribution in [0, 0.1) is 0 Å². The number of unbranched alkanes of at least 4 members (excludes halogenated alkanes) is 1. The van der Waals surface area contributed by atoms with E-state index in [4.69, 9.17) is 4.74 Å². The number of benzene rings is 1. The predicted molar refractivity (Wildman–Crippen MR) is 66.4 cm³/mol. The van der Waals surface area contributed by atoms with Crippen LogP contribution in [0.3, 0.4) is 0 Å². The first kappa shape index (κ1) is 11.6. The molecule has 1 unspecified atom stereocenters. The minimum absolute atomic E-state index is 0.199. The molecule has 2 nitrogen and oxygen atoms in total. The molecule has 0 radical (unpaired) electrons. The normalized spacial score (nSPS) is 23.1. The second-order valence-corrected chi connectivity index (χ2v) is 5.33. The fourth-order valence-corrected chi connectivity index (χ4v) is 2.52. The van der Waals surface area contributed by atoms with Crippen molar-refractivity contribution in [3.63, 3.8) is 0 Å². The largest absolute Gasteiger partial charge is 0.451 e. The number of carbonyl (C=O) groups is 1. The fourth-order valence-electron chi connectivity index (χ4n) is 2.16.